The van der Waals surface area contributed by atoms with Crippen LogP contribution in [0.2, 0.25) is 0 Å². The van der Waals surface area contributed by atoms with Gasteiger partial charge < -0.3 is 20.9 Å². The van der Waals surface area contributed by atoms with E-state index in [0.29, 0.717) is 26.2 Å². The van der Waals surface area contributed by atoms with Crippen LogP contribution in [0.5, 0.6) is 0 Å². The molecule has 1 unspecified atom stereocenters. The van der Waals surface area contributed by atoms with Crippen LogP contribution in [-0.2, 0) is 4.79 Å². The predicted molar refractivity (Wildman–Crippen MR) is 81.9 cm³/mol. The lowest BCUT2D eigenvalue weighted by Crippen LogP contribution is -2.51. The number of carbonyl (C=O) groups excluding carboxylic acids is 2. The summed E-state index contributed by atoms with van der Waals surface area (Å²) in [7, 11) is 0. The average Bonchev–Trinajstić information content (AvgIpc) is 2.47. The number of nitrogens with one attached hydrogen (secondary N) is 1. The summed E-state index contributed by atoms with van der Waals surface area (Å²) in [6.07, 6.45) is 0. The number of rotatable bonds is 2. The molecule has 0 saturated carbocycles. The van der Waals surface area contributed by atoms with E-state index in [1.807, 2.05) is 31.2 Å². The van der Waals surface area contributed by atoms with Gasteiger partial charge in [0.1, 0.15) is 0 Å². The molecule has 0 bridgehead atoms. The molecular formula is C15H22N4O2. The van der Waals surface area contributed by atoms with E-state index >= 15 is 0 Å². The molecule has 0 radical (unpaired) electrons. The Kier molecular flexibility index (Phi) is 4.80. The Bertz CT molecular complexity index is 505. The Labute approximate surface area is 124 Å². The first kappa shape index (κ1) is 15.3. The lowest BCUT2D eigenvalue weighted by Gasteiger charge is -2.34. The molecule has 1 fully saturated rings. The number of amides is 3. The molecule has 0 spiro atoms. The van der Waals surface area contributed by atoms with E-state index < -0.39 is 0 Å². The summed E-state index contributed by atoms with van der Waals surface area (Å²) in [6.45, 7) is 5.77. The lowest BCUT2D eigenvalue weighted by atomic mass is 10.1. The molecule has 1 atom stereocenters. The van der Waals surface area contributed by atoms with E-state index in [0.717, 1.165) is 11.3 Å². The van der Waals surface area contributed by atoms with Gasteiger partial charge in [-0.2, -0.15) is 0 Å². The molecule has 1 aromatic rings. The first-order chi connectivity index (χ1) is 9.97. The number of hydrogen-bond donors (Lipinski definition) is 2. The van der Waals surface area contributed by atoms with Crippen molar-refractivity contribution in [1.82, 2.24) is 9.80 Å². The highest BCUT2D eigenvalue weighted by Crippen LogP contribution is 2.15. The first-order valence-electron chi connectivity index (χ1n) is 7.14. The van der Waals surface area contributed by atoms with Gasteiger partial charge in [0.25, 0.3) is 0 Å². The van der Waals surface area contributed by atoms with Crippen LogP contribution in [0.15, 0.2) is 24.3 Å². The van der Waals surface area contributed by atoms with Crippen molar-refractivity contribution in [2.24, 2.45) is 5.73 Å². The number of nitrogens with zero attached hydrogens (tertiary/aromatic N) is 2. The largest absolute Gasteiger partial charge is 0.339 e. The fourth-order valence-electron chi connectivity index (χ4n) is 2.30. The molecule has 3 N–H and O–H groups in total. The smallest absolute Gasteiger partial charge is 0.321 e. The predicted octanol–water partition coefficient (Wildman–Crippen LogP) is 1.40. The Morgan fingerprint density at radius 2 is 1.62 bits per heavy atom. The van der Waals surface area contributed by atoms with Gasteiger partial charge in [-0.3, -0.25) is 4.79 Å². The van der Waals surface area contributed by atoms with Gasteiger partial charge in [0.2, 0.25) is 5.91 Å². The van der Waals surface area contributed by atoms with Crippen LogP contribution in [-0.4, -0.2) is 47.9 Å². The topological polar surface area (TPSA) is 78.7 Å². The van der Waals surface area contributed by atoms with Gasteiger partial charge in [-0.05, 0) is 24.6 Å². The van der Waals surface area contributed by atoms with Crippen LogP contribution in [0.4, 0.5) is 10.5 Å². The summed E-state index contributed by atoms with van der Waals surface area (Å²) in [5, 5.41) is 2.86. The van der Waals surface area contributed by atoms with Gasteiger partial charge in [-0.15, -0.1) is 0 Å². The Morgan fingerprint density at radius 3 is 2.10 bits per heavy atom. The number of piperazine rings is 1. The van der Waals surface area contributed by atoms with Crippen molar-refractivity contribution < 1.29 is 9.59 Å². The minimum absolute atomic E-state index is 0.0191. The summed E-state index contributed by atoms with van der Waals surface area (Å²) >= 11 is 0. The van der Waals surface area contributed by atoms with Gasteiger partial charge in [0, 0.05) is 44.8 Å². The van der Waals surface area contributed by atoms with Crippen molar-refractivity contribution in [3.05, 3.63) is 29.8 Å². The number of nitrogens with two attached hydrogens (primary N) is 1. The number of urea groups is 1. The average molecular weight is 290 g/mol. The molecule has 1 saturated heterocycles. The number of benzene rings is 1. The van der Waals surface area contributed by atoms with E-state index in [2.05, 4.69) is 5.32 Å². The molecule has 1 aliphatic heterocycles. The van der Waals surface area contributed by atoms with Crippen molar-refractivity contribution in [2.75, 3.05) is 31.5 Å². The first-order valence-corrected chi connectivity index (χ1v) is 7.14. The van der Waals surface area contributed by atoms with Gasteiger partial charge in [0.05, 0.1) is 0 Å². The van der Waals surface area contributed by atoms with E-state index in [1.165, 1.54) is 0 Å². The van der Waals surface area contributed by atoms with Crippen LogP contribution < -0.4 is 11.1 Å². The van der Waals surface area contributed by atoms with E-state index in [-0.39, 0.29) is 18.0 Å². The van der Waals surface area contributed by atoms with Crippen LogP contribution in [0, 0.1) is 0 Å². The van der Waals surface area contributed by atoms with Crippen molar-refractivity contribution >= 4 is 17.6 Å². The third kappa shape index (κ3) is 3.95. The second-order valence-electron chi connectivity index (χ2n) is 5.33. The molecule has 6 nitrogen and oxygen atoms in total. The van der Waals surface area contributed by atoms with Crippen LogP contribution in [0.3, 0.4) is 0 Å². The van der Waals surface area contributed by atoms with Crippen LogP contribution in [0.25, 0.3) is 0 Å². The molecule has 1 aromatic carbocycles. The maximum atomic E-state index is 12.1. The summed E-state index contributed by atoms with van der Waals surface area (Å²) in [6, 6.07) is 7.37. The van der Waals surface area contributed by atoms with Crippen molar-refractivity contribution in [1.29, 1.82) is 0 Å². The van der Waals surface area contributed by atoms with Crippen molar-refractivity contribution in [3.8, 4) is 0 Å². The summed E-state index contributed by atoms with van der Waals surface area (Å²) < 4.78 is 0. The fraction of sp³-hybridized carbons (Fsp3) is 0.467. The monoisotopic (exact) mass is 290 g/mol. The van der Waals surface area contributed by atoms with Crippen molar-refractivity contribution in [2.45, 2.75) is 19.9 Å². The molecule has 114 valence electrons. The molecule has 1 aliphatic rings. The molecule has 0 aliphatic carbocycles. The minimum Gasteiger partial charge on any atom is -0.339 e. The third-order valence-corrected chi connectivity index (χ3v) is 3.70. The zero-order valence-electron chi connectivity index (χ0n) is 12.5. The zero-order chi connectivity index (χ0) is 15.4. The molecular weight excluding hydrogens is 268 g/mol. The molecule has 21 heavy (non-hydrogen) atoms. The fourth-order valence-corrected chi connectivity index (χ4v) is 2.30. The van der Waals surface area contributed by atoms with Crippen LogP contribution in [0.1, 0.15) is 25.5 Å². The Morgan fingerprint density at radius 1 is 1.10 bits per heavy atom. The van der Waals surface area contributed by atoms with Gasteiger partial charge in [-0.1, -0.05) is 12.1 Å². The SMILES string of the molecule is CC(=O)N1CCN(C(=O)Nc2ccc(C(C)N)cc2)CC1. The lowest BCUT2D eigenvalue weighted by molar-refractivity contribution is -0.130. The zero-order valence-corrected chi connectivity index (χ0v) is 12.5. The molecule has 2 rings (SSSR count). The van der Waals surface area contributed by atoms with E-state index in [4.69, 9.17) is 5.73 Å². The Balaban J connectivity index is 1.88. The summed E-state index contributed by atoms with van der Waals surface area (Å²) in [4.78, 5) is 26.9. The highest BCUT2D eigenvalue weighted by molar-refractivity contribution is 5.89. The van der Waals surface area contributed by atoms with Gasteiger partial charge >= 0.3 is 6.03 Å². The van der Waals surface area contributed by atoms with Gasteiger partial charge in [0.15, 0.2) is 0 Å². The quantitative estimate of drug-likeness (QED) is 0.864. The second kappa shape index (κ2) is 6.58. The van der Waals surface area contributed by atoms with Crippen LogP contribution >= 0.6 is 0 Å². The molecule has 6 heteroatoms. The summed E-state index contributed by atoms with van der Waals surface area (Å²) in [5.74, 6) is 0.0570. The minimum atomic E-state index is -0.133. The third-order valence-electron chi connectivity index (χ3n) is 3.70. The summed E-state index contributed by atoms with van der Waals surface area (Å²) in [5.41, 5.74) is 7.57. The Hall–Kier alpha value is -2.08. The number of anilines is 1. The van der Waals surface area contributed by atoms with Gasteiger partial charge in [-0.25, -0.2) is 4.79 Å². The van der Waals surface area contributed by atoms with E-state index in [9.17, 15) is 9.59 Å². The maximum absolute atomic E-state index is 12.1. The highest BCUT2D eigenvalue weighted by Gasteiger charge is 2.22. The van der Waals surface area contributed by atoms with Crippen molar-refractivity contribution in [3.63, 3.8) is 0 Å². The molecule has 0 aromatic heterocycles. The standard InChI is InChI=1S/C15H22N4O2/c1-11(16)13-3-5-14(6-4-13)17-15(21)19-9-7-18(8-10-19)12(2)20/h3-6,11H,7-10,16H2,1-2H3,(H,17,21). The highest BCUT2D eigenvalue weighted by atomic mass is 16.2. The van der Waals surface area contributed by atoms with E-state index in [1.54, 1.807) is 16.7 Å². The second-order valence-corrected chi connectivity index (χ2v) is 5.33. The molecule has 1 heterocycles. The number of hydrogen-bond acceptors (Lipinski definition) is 3. The number of carbonyl (C=O) groups is 2. The maximum Gasteiger partial charge on any atom is 0.321 e. The molecule has 3 amide bonds. The normalized spacial score (nSPS) is 16.5.